The van der Waals surface area contributed by atoms with Crippen molar-refractivity contribution in [3.05, 3.63) is 34.4 Å². The minimum absolute atomic E-state index is 0.100. The summed E-state index contributed by atoms with van der Waals surface area (Å²) in [5.74, 6) is 0. The van der Waals surface area contributed by atoms with E-state index in [0.29, 0.717) is 6.61 Å². The monoisotopic (exact) mass is 180 g/mol. The van der Waals surface area contributed by atoms with Crippen LogP contribution in [-0.4, -0.2) is 12.2 Å². The Morgan fingerprint density at radius 2 is 1.77 bits per heavy atom. The van der Waals surface area contributed by atoms with Crippen LogP contribution in [0.4, 0.5) is 0 Å². The highest BCUT2D eigenvalue weighted by Crippen LogP contribution is 2.16. The van der Waals surface area contributed by atoms with Crippen molar-refractivity contribution >= 4 is 0 Å². The standard InChI is InChI=1S/C11H16O2/c1-8-4-9(2)11(7-13-3)5-10(8)6-12/h4-5,12H,6-7H2,1-3H3. The number of hydrogen-bond acceptors (Lipinski definition) is 2. The Morgan fingerprint density at radius 3 is 2.31 bits per heavy atom. The van der Waals surface area contributed by atoms with Crippen LogP contribution in [-0.2, 0) is 18.0 Å². The zero-order chi connectivity index (χ0) is 9.84. The summed E-state index contributed by atoms with van der Waals surface area (Å²) < 4.78 is 5.07. The van der Waals surface area contributed by atoms with Gasteiger partial charge in [-0.05, 0) is 36.1 Å². The van der Waals surface area contributed by atoms with Gasteiger partial charge in [-0.2, -0.15) is 0 Å². The Labute approximate surface area is 79.2 Å². The Kier molecular flexibility index (Phi) is 3.46. The number of hydrogen-bond donors (Lipinski definition) is 1. The van der Waals surface area contributed by atoms with Crippen molar-refractivity contribution in [2.24, 2.45) is 0 Å². The first kappa shape index (κ1) is 10.2. The number of rotatable bonds is 3. The van der Waals surface area contributed by atoms with Gasteiger partial charge < -0.3 is 9.84 Å². The van der Waals surface area contributed by atoms with Crippen molar-refractivity contribution in [2.75, 3.05) is 7.11 Å². The molecule has 0 amide bonds. The Balaban J connectivity index is 3.06. The minimum Gasteiger partial charge on any atom is -0.392 e. The summed E-state index contributed by atoms with van der Waals surface area (Å²) in [6.07, 6.45) is 0. The van der Waals surface area contributed by atoms with Crippen molar-refractivity contribution in [3.63, 3.8) is 0 Å². The second-order valence-electron chi connectivity index (χ2n) is 3.30. The molecule has 0 aromatic heterocycles. The normalized spacial score (nSPS) is 10.5. The number of methoxy groups -OCH3 is 1. The first-order valence-corrected chi connectivity index (χ1v) is 4.37. The van der Waals surface area contributed by atoms with Crippen LogP contribution >= 0.6 is 0 Å². The highest BCUT2D eigenvalue weighted by Gasteiger charge is 2.03. The van der Waals surface area contributed by atoms with E-state index in [4.69, 9.17) is 9.84 Å². The lowest BCUT2D eigenvalue weighted by Gasteiger charge is -2.09. The van der Waals surface area contributed by atoms with Gasteiger partial charge in [0, 0.05) is 7.11 Å². The Morgan fingerprint density at radius 1 is 1.15 bits per heavy atom. The number of aliphatic hydroxyl groups excluding tert-OH is 1. The second kappa shape index (κ2) is 4.40. The molecule has 0 aliphatic heterocycles. The van der Waals surface area contributed by atoms with E-state index in [1.807, 2.05) is 13.0 Å². The predicted molar refractivity (Wildman–Crippen MR) is 52.6 cm³/mol. The number of aliphatic hydroxyl groups is 1. The highest BCUT2D eigenvalue weighted by atomic mass is 16.5. The summed E-state index contributed by atoms with van der Waals surface area (Å²) in [5, 5.41) is 9.06. The molecule has 0 fully saturated rings. The molecule has 2 nitrogen and oxygen atoms in total. The summed E-state index contributed by atoms with van der Waals surface area (Å²) in [5.41, 5.74) is 4.49. The molecule has 1 aromatic carbocycles. The average molecular weight is 180 g/mol. The number of ether oxygens (including phenoxy) is 1. The largest absolute Gasteiger partial charge is 0.392 e. The van der Waals surface area contributed by atoms with Crippen LogP contribution in [0.5, 0.6) is 0 Å². The van der Waals surface area contributed by atoms with Crippen LogP contribution in [0.25, 0.3) is 0 Å². The molecule has 0 aliphatic rings. The van der Waals surface area contributed by atoms with Crippen molar-refractivity contribution in [1.82, 2.24) is 0 Å². The predicted octanol–water partition coefficient (Wildman–Crippen LogP) is 1.94. The van der Waals surface area contributed by atoms with Crippen LogP contribution in [0.15, 0.2) is 12.1 Å². The third-order valence-electron chi connectivity index (χ3n) is 2.26. The molecule has 2 heteroatoms. The van der Waals surface area contributed by atoms with Gasteiger partial charge in [0.25, 0.3) is 0 Å². The lowest BCUT2D eigenvalue weighted by Crippen LogP contribution is -1.97. The summed E-state index contributed by atoms with van der Waals surface area (Å²) in [4.78, 5) is 0. The van der Waals surface area contributed by atoms with Gasteiger partial charge >= 0.3 is 0 Å². The molecule has 0 spiro atoms. The first-order valence-electron chi connectivity index (χ1n) is 4.37. The molecule has 0 saturated carbocycles. The molecule has 0 atom stereocenters. The maximum absolute atomic E-state index is 9.06. The Hall–Kier alpha value is -0.860. The van der Waals surface area contributed by atoms with E-state index in [0.717, 1.165) is 16.7 Å². The van der Waals surface area contributed by atoms with Gasteiger partial charge in [-0.25, -0.2) is 0 Å². The molecule has 13 heavy (non-hydrogen) atoms. The first-order chi connectivity index (χ1) is 6.19. The van der Waals surface area contributed by atoms with Crippen molar-refractivity contribution in [3.8, 4) is 0 Å². The van der Waals surface area contributed by atoms with E-state index < -0.39 is 0 Å². The fraction of sp³-hybridized carbons (Fsp3) is 0.455. The van der Waals surface area contributed by atoms with Crippen LogP contribution in [0.1, 0.15) is 22.3 Å². The molecular formula is C11H16O2. The molecule has 1 rings (SSSR count). The lowest BCUT2D eigenvalue weighted by molar-refractivity contribution is 0.184. The maximum atomic E-state index is 9.06. The van der Waals surface area contributed by atoms with Gasteiger partial charge in [0.2, 0.25) is 0 Å². The van der Waals surface area contributed by atoms with E-state index in [-0.39, 0.29) is 6.61 Å². The van der Waals surface area contributed by atoms with Crippen LogP contribution in [0, 0.1) is 13.8 Å². The minimum atomic E-state index is 0.100. The van der Waals surface area contributed by atoms with E-state index in [9.17, 15) is 0 Å². The summed E-state index contributed by atoms with van der Waals surface area (Å²) in [6, 6.07) is 4.09. The SMILES string of the molecule is COCc1cc(CO)c(C)cc1C. The zero-order valence-corrected chi connectivity index (χ0v) is 8.42. The van der Waals surface area contributed by atoms with E-state index in [2.05, 4.69) is 13.0 Å². The molecule has 0 radical (unpaired) electrons. The van der Waals surface area contributed by atoms with Gasteiger partial charge in [0.05, 0.1) is 13.2 Å². The molecular weight excluding hydrogens is 164 g/mol. The Bertz CT molecular complexity index is 292. The molecule has 0 unspecified atom stereocenters. The second-order valence-corrected chi connectivity index (χ2v) is 3.30. The maximum Gasteiger partial charge on any atom is 0.0715 e. The third kappa shape index (κ3) is 2.29. The van der Waals surface area contributed by atoms with E-state index in [1.54, 1.807) is 7.11 Å². The number of aryl methyl sites for hydroxylation is 2. The average Bonchev–Trinajstić information content (AvgIpc) is 2.10. The molecule has 1 N–H and O–H groups in total. The van der Waals surface area contributed by atoms with Gasteiger partial charge in [0.15, 0.2) is 0 Å². The molecule has 0 saturated heterocycles. The highest BCUT2D eigenvalue weighted by molar-refractivity contribution is 5.36. The summed E-state index contributed by atoms with van der Waals surface area (Å²) >= 11 is 0. The van der Waals surface area contributed by atoms with Crippen molar-refractivity contribution in [2.45, 2.75) is 27.1 Å². The fourth-order valence-electron chi connectivity index (χ4n) is 1.43. The zero-order valence-electron chi connectivity index (χ0n) is 8.42. The van der Waals surface area contributed by atoms with Crippen LogP contribution in [0.3, 0.4) is 0 Å². The van der Waals surface area contributed by atoms with Gasteiger partial charge in [-0.3, -0.25) is 0 Å². The molecule has 72 valence electrons. The third-order valence-corrected chi connectivity index (χ3v) is 2.26. The lowest BCUT2D eigenvalue weighted by atomic mass is 10.0. The van der Waals surface area contributed by atoms with Crippen LogP contribution < -0.4 is 0 Å². The smallest absolute Gasteiger partial charge is 0.0715 e. The van der Waals surface area contributed by atoms with Crippen LogP contribution in [0.2, 0.25) is 0 Å². The molecule has 0 bridgehead atoms. The quantitative estimate of drug-likeness (QED) is 0.770. The van der Waals surface area contributed by atoms with Crippen molar-refractivity contribution in [1.29, 1.82) is 0 Å². The van der Waals surface area contributed by atoms with Gasteiger partial charge in [-0.1, -0.05) is 12.1 Å². The van der Waals surface area contributed by atoms with Crippen molar-refractivity contribution < 1.29 is 9.84 Å². The topological polar surface area (TPSA) is 29.5 Å². The van der Waals surface area contributed by atoms with Gasteiger partial charge in [-0.15, -0.1) is 0 Å². The molecule has 1 aromatic rings. The molecule has 0 aliphatic carbocycles. The summed E-state index contributed by atoms with van der Waals surface area (Å²) in [7, 11) is 1.68. The van der Waals surface area contributed by atoms with Gasteiger partial charge in [0.1, 0.15) is 0 Å². The van der Waals surface area contributed by atoms with E-state index in [1.165, 1.54) is 5.56 Å². The fourth-order valence-corrected chi connectivity index (χ4v) is 1.43. The van der Waals surface area contributed by atoms with E-state index >= 15 is 0 Å². The summed E-state index contributed by atoms with van der Waals surface area (Å²) in [6.45, 7) is 4.78. The molecule has 0 heterocycles. The number of benzene rings is 1.